The first-order chi connectivity index (χ1) is 7.83. The molecule has 0 atom stereocenters. The number of pyridine rings is 1. The lowest BCUT2D eigenvalue weighted by molar-refractivity contribution is 1.38. The van der Waals surface area contributed by atoms with Crippen molar-refractivity contribution in [2.45, 2.75) is 6.92 Å². The molecule has 0 unspecified atom stereocenters. The standard InChI is InChI=1S/C13H10N2S/c1-9-8-15-13(16-9)11-4-5-12-10(7-11)3-2-6-14-12/h2-8H,1H3. The molecule has 0 aliphatic carbocycles. The zero-order valence-corrected chi connectivity index (χ0v) is 9.66. The highest BCUT2D eigenvalue weighted by Crippen LogP contribution is 2.26. The van der Waals surface area contributed by atoms with Crippen LogP contribution in [0.4, 0.5) is 0 Å². The minimum Gasteiger partial charge on any atom is -0.256 e. The van der Waals surface area contributed by atoms with E-state index in [4.69, 9.17) is 0 Å². The van der Waals surface area contributed by atoms with Crippen LogP contribution >= 0.6 is 11.3 Å². The van der Waals surface area contributed by atoms with E-state index in [0.717, 1.165) is 15.9 Å². The molecule has 0 spiro atoms. The van der Waals surface area contributed by atoms with Gasteiger partial charge in [-0.15, -0.1) is 11.3 Å². The molecule has 3 heteroatoms. The largest absolute Gasteiger partial charge is 0.256 e. The van der Waals surface area contributed by atoms with Crippen LogP contribution in [0.1, 0.15) is 4.88 Å². The average molecular weight is 226 g/mol. The van der Waals surface area contributed by atoms with Crippen LogP contribution in [0.3, 0.4) is 0 Å². The number of aryl methyl sites for hydroxylation is 1. The Kier molecular flexibility index (Phi) is 2.18. The number of aromatic nitrogens is 2. The van der Waals surface area contributed by atoms with Crippen molar-refractivity contribution in [3.05, 3.63) is 47.6 Å². The van der Waals surface area contributed by atoms with Gasteiger partial charge >= 0.3 is 0 Å². The first-order valence-corrected chi connectivity index (χ1v) is 5.92. The Bertz CT molecular complexity index is 643. The van der Waals surface area contributed by atoms with E-state index in [9.17, 15) is 0 Å². The summed E-state index contributed by atoms with van der Waals surface area (Å²) < 4.78 is 0. The van der Waals surface area contributed by atoms with E-state index in [1.165, 1.54) is 10.4 Å². The molecule has 2 nitrogen and oxygen atoms in total. The van der Waals surface area contributed by atoms with Gasteiger partial charge in [0.15, 0.2) is 0 Å². The van der Waals surface area contributed by atoms with E-state index in [2.05, 4.69) is 35.1 Å². The molecule has 0 N–H and O–H groups in total. The van der Waals surface area contributed by atoms with Crippen molar-refractivity contribution < 1.29 is 0 Å². The maximum atomic E-state index is 4.39. The molecule has 0 radical (unpaired) electrons. The Morgan fingerprint density at radius 2 is 2.06 bits per heavy atom. The highest BCUT2D eigenvalue weighted by molar-refractivity contribution is 7.14. The molecule has 2 aromatic heterocycles. The highest BCUT2D eigenvalue weighted by atomic mass is 32.1. The summed E-state index contributed by atoms with van der Waals surface area (Å²) in [5, 5.41) is 2.23. The highest BCUT2D eigenvalue weighted by Gasteiger charge is 2.03. The van der Waals surface area contributed by atoms with Crippen LogP contribution in [0.2, 0.25) is 0 Å². The summed E-state index contributed by atoms with van der Waals surface area (Å²) >= 11 is 1.72. The molecule has 78 valence electrons. The minimum absolute atomic E-state index is 1.03. The number of thiazole rings is 1. The number of hydrogen-bond donors (Lipinski definition) is 0. The topological polar surface area (TPSA) is 25.8 Å². The average Bonchev–Trinajstić information content (AvgIpc) is 2.75. The summed E-state index contributed by atoms with van der Waals surface area (Å²) in [6, 6.07) is 10.3. The molecular weight excluding hydrogens is 216 g/mol. The van der Waals surface area contributed by atoms with Crippen LogP contribution < -0.4 is 0 Å². The molecule has 1 aromatic carbocycles. The predicted molar refractivity (Wildman–Crippen MR) is 67.6 cm³/mol. The number of fused-ring (bicyclic) bond motifs is 1. The van der Waals surface area contributed by atoms with Crippen molar-refractivity contribution in [1.29, 1.82) is 0 Å². The van der Waals surface area contributed by atoms with Crippen LogP contribution in [-0.2, 0) is 0 Å². The monoisotopic (exact) mass is 226 g/mol. The van der Waals surface area contributed by atoms with Gasteiger partial charge in [-0.25, -0.2) is 4.98 Å². The molecule has 0 amide bonds. The van der Waals surface area contributed by atoms with Crippen molar-refractivity contribution in [3.63, 3.8) is 0 Å². The molecule has 3 rings (SSSR count). The third-order valence-corrected chi connectivity index (χ3v) is 3.43. The van der Waals surface area contributed by atoms with E-state index < -0.39 is 0 Å². The summed E-state index contributed by atoms with van der Waals surface area (Å²) in [5.74, 6) is 0. The summed E-state index contributed by atoms with van der Waals surface area (Å²) in [6.45, 7) is 2.07. The first-order valence-electron chi connectivity index (χ1n) is 5.10. The third-order valence-electron chi connectivity index (χ3n) is 2.47. The molecular formula is C13H10N2S. The number of rotatable bonds is 1. The van der Waals surface area contributed by atoms with Gasteiger partial charge in [-0.2, -0.15) is 0 Å². The van der Waals surface area contributed by atoms with Crippen LogP contribution in [0, 0.1) is 6.92 Å². The normalized spacial score (nSPS) is 10.8. The van der Waals surface area contributed by atoms with E-state index in [1.807, 2.05) is 24.5 Å². The molecule has 0 bridgehead atoms. The molecule has 0 saturated heterocycles. The van der Waals surface area contributed by atoms with Gasteiger partial charge in [-0.05, 0) is 31.2 Å². The van der Waals surface area contributed by atoms with Gasteiger partial charge in [0, 0.05) is 28.2 Å². The Morgan fingerprint density at radius 3 is 2.88 bits per heavy atom. The van der Waals surface area contributed by atoms with Gasteiger partial charge in [0.1, 0.15) is 5.01 Å². The number of benzene rings is 1. The molecule has 0 aliphatic heterocycles. The third kappa shape index (κ3) is 1.59. The number of hydrogen-bond acceptors (Lipinski definition) is 3. The first kappa shape index (κ1) is 9.48. The summed E-state index contributed by atoms with van der Waals surface area (Å²) in [5.41, 5.74) is 2.19. The Hall–Kier alpha value is -1.74. The maximum absolute atomic E-state index is 4.39. The SMILES string of the molecule is Cc1cnc(-c2ccc3ncccc3c2)s1. The van der Waals surface area contributed by atoms with Crippen molar-refractivity contribution in [1.82, 2.24) is 9.97 Å². The van der Waals surface area contributed by atoms with Crippen LogP contribution in [0.25, 0.3) is 21.5 Å². The molecule has 0 fully saturated rings. The molecule has 3 aromatic rings. The Balaban J connectivity index is 2.18. The molecule has 0 saturated carbocycles. The molecule has 2 heterocycles. The quantitative estimate of drug-likeness (QED) is 0.632. The number of nitrogens with zero attached hydrogens (tertiary/aromatic N) is 2. The second-order valence-electron chi connectivity index (χ2n) is 3.69. The second-order valence-corrected chi connectivity index (χ2v) is 4.92. The fraction of sp³-hybridized carbons (Fsp3) is 0.0769. The van der Waals surface area contributed by atoms with Gasteiger partial charge in [0.2, 0.25) is 0 Å². The van der Waals surface area contributed by atoms with Crippen LogP contribution in [0.5, 0.6) is 0 Å². The van der Waals surface area contributed by atoms with Crippen molar-refractivity contribution in [2.24, 2.45) is 0 Å². The maximum Gasteiger partial charge on any atom is 0.123 e. The van der Waals surface area contributed by atoms with Crippen molar-refractivity contribution in [3.8, 4) is 10.6 Å². The molecule has 0 aliphatic rings. The predicted octanol–water partition coefficient (Wildman–Crippen LogP) is 3.67. The fourth-order valence-corrected chi connectivity index (χ4v) is 2.46. The van der Waals surface area contributed by atoms with Crippen molar-refractivity contribution >= 4 is 22.2 Å². The zero-order chi connectivity index (χ0) is 11.0. The van der Waals surface area contributed by atoms with Gasteiger partial charge < -0.3 is 0 Å². The van der Waals surface area contributed by atoms with Crippen LogP contribution in [0.15, 0.2) is 42.7 Å². The van der Waals surface area contributed by atoms with Crippen molar-refractivity contribution in [2.75, 3.05) is 0 Å². The Morgan fingerprint density at radius 1 is 1.12 bits per heavy atom. The Labute approximate surface area is 97.6 Å². The van der Waals surface area contributed by atoms with Gasteiger partial charge in [0.25, 0.3) is 0 Å². The van der Waals surface area contributed by atoms with Gasteiger partial charge in [-0.1, -0.05) is 6.07 Å². The lowest BCUT2D eigenvalue weighted by Gasteiger charge is -1.99. The smallest absolute Gasteiger partial charge is 0.123 e. The van der Waals surface area contributed by atoms with E-state index >= 15 is 0 Å². The lowest BCUT2D eigenvalue weighted by Crippen LogP contribution is -1.79. The van der Waals surface area contributed by atoms with E-state index in [-0.39, 0.29) is 0 Å². The summed E-state index contributed by atoms with van der Waals surface area (Å²) in [7, 11) is 0. The summed E-state index contributed by atoms with van der Waals surface area (Å²) in [4.78, 5) is 9.93. The summed E-state index contributed by atoms with van der Waals surface area (Å²) in [6.07, 6.45) is 3.73. The van der Waals surface area contributed by atoms with Crippen LogP contribution in [-0.4, -0.2) is 9.97 Å². The minimum atomic E-state index is 1.03. The lowest BCUT2D eigenvalue weighted by atomic mass is 10.1. The van der Waals surface area contributed by atoms with E-state index in [1.54, 1.807) is 11.3 Å². The van der Waals surface area contributed by atoms with Gasteiger partial charge in [-0.3, -0.25) is 4.98 Å². The fourth-order valence-electron chi connectivity index (χ4n) is 1.70. The molecule has 16 heavy (non-hydrogen) atoms. The second kappa shape index (κ2) is 3.68. The zero-order valence-electron chi connectivity index (χ0n) is 8.84. The van der Waals surface area contributed by atoms with E-state index in [0.29, 0.717) is 0 Å². The van der Waals surface area contributed by atoms with Gasteiger partial charge in [0.05, 0.1) is 5.52 Å².